The number of hydrogen-bond acceptors (Lipinski definition) is 3. The van der Waals surface area contributed by atoms with Crippen LogP contribution in [0.1, 0.15) is 32.6 Å². The summed E-state index contributed by atoms with van der Waals surface area (Å²) in [5.74, 6) is 0.115. The topological polar surface area (TPSA) is 75.3 Å². The molecule has 0 aromatic rings. The van der Waals surface area contributed by atoms with Gasteiger partial charge in [-0.1, -0.05) is 6.92 Å². The first-order chi connectivity index (χ1) is 6.67. The van der Waals surface area contributed by atoms with Crippen LogP contribution in [0.15, 0.2) is 0 Å². The molecule has 3 atom stereocenters. The highest BCUT2D eigenvalue weighted by Gasteiger charge is 2.28. The quantitative estimate of drug-likeness (QED) is 0.598. The molecule has 4 heteroatoms. The van der Waals surface area contributed by atoms with Crippen molar-refractivity contribution in [3.8, 4) is 0 Å². The molecule has 1 rings (SSSR count). The number of nitrogens with two attached hydrogens (primary N) is 1. The van der Waals surface area contributed by atoms with Gasteiger partial charge in [-0.25, -0.2) is 0 Å². The number of aliphatic hydroxyl groups excluding tert-OH is 1. The summed E-state index contributed by atoms with van der Waals surface area (Å²) < 4.78 is 0. The third kappa shape index (κ3) is 2.96. The molecule has 82 valence electrons. The van der Waals surface area contributed by atoms with E-state index in [2.05, 4.69) is 5.32 Å². The van der Waals surface area contributed by atoms with E-state index in [9.17, 15) is 4.79 Å². The molecule has 0 aromatic heterocycles. The van der Waals surface area contributed by atoms with E-state index in [1.807, 2.05) is 6.92 Å². The fourth-order valence-electron chi connectivity index (χ4n) is 1.85. The molecule has 0 radical (unpaired) electrons. The van der Waals surface area contributed by atoms with Gasteiger partial charge >= 0.3 is 0 Å². The molecule has 0 bridgehead atoms. The molecule has 1 saturated carbocycles. The summed E-state index contributed by atoms with van der Waals surface area (Å²) in [6, 6.07) is 0.0827. The van der Waals surface area contributed by atoms with Crippen molar-refractivity contribution in [3.05, 3.63) is 0 Å². The Morgan fingerprint density at radius 2 is 2.36 bits per heavy atom. The molecule has 4 N–H and O–H groups in total. The monoisotopic (exact) mass is 200 g/mol. The van der Waals surface area contributed by atoms with Crippen molar-refractivity contribution < 1.29 is 9.90 Å². The lowest BCUT2D eigenvalue weighted by Crippen LogP contribution is -2.40. The molecular weight excluding hydrogens is 180 g/mol. The smallest absolute Gasteiger partial charge is 0.223 e. The van der Waals surface area contributed by atoms with Crippen LogP contribution >= 0.6 is 0 Å². The lowest BCUT2D eigenvalue weighted by molar-refractivity contribution is -0.125. The molecule has 0 heterocycles. The maximum absolute atomic E-state index is 11.6. The van der Waals surface area contributed by atoms with Gasteiger partial charge in [0.2, 0.25) is 5.91 Å². The van der Waals surface area contributed by atoms with E-state index in [1.165, 1.54) is 0 Å². The number of amides is 1. The van der Waals surface area contributed by atoms with Gasteiger partial charge in [-0.15, -0.1) is 0 Å². The summed E-state index contributed by atoms with van der Waals surface area (Å²) in [7, 11) is 0. The lowest BCUT2D eigenvalue weighted by Gasteiger charge is -2.17. The first-order valence-corrected chi connectivity index (χ1v) is 5.34. The third-order valence-corrected chi connectivity index (χ3v) is 2.90. The van der Waals surface area contributed by atoms with Crippen LogP contribution in [0.2, 0.25) is 0 Å². The maximum Gasteiger partial charge on any atom is 0.223 e. The molecule has 1 amide bonds. The number of aliphatic hydroxyl groups is 1. The van der Waals surface area contributed by atoms with Crippen LogP contribution in [-0.4, -0.2) is 29.7 Å². The van der Waals surface area contributed by atoms with Gasteiger partial charge in [0.05, 0.1) is 12.6 Å². The zero-order valence-corrected chi connectivity index (χ0v) is 8.70. The van der Waals surface area contributed by atoms with Crippen molar-refractivity contribution in [2.45, 2.75) is 44.7 Å². The molecule has 0 aliphatic heterocycles. The predicted molar refractivity (Wildman–Crippen MR) is 54.6 cm³/mol. The third-order valence-electron chi connectivity index (χ3n) is 2.90. The molecule has 0 aromatic carbocycles. The fourth-order valence-corrected chi connectivity index (χ4v) is 1.85. The zero-order chi connectivity index (χ0) is 10.6. The molecule has 1 fully saturated rings. The number of hydrogen-bond donors (Lipinski definition) is 3. The average molecular weight is 200 g/mol. The highest BCUT2D eigenvalue weighted by atomic mass is 16.3. The molecule has 0 spiro atoms. The van der Waals surface area contributed by atoms with E-state index in [1.54, 1.807) is 0 Å². The van der Waals surface area contributed by atoms with Crippen LogP contribution in [0.5, 0.6) is 0 Å². The maximum atomic E-state index is 11.6. The molecule has 0 saturated heterocycles. The molecule has 14 heavy (non-hydrogen) atoms. The Balaban J connectivity index is 2.34. The minimum absolute atomic E-state index is 0.0149. The van der Waals surface area contributed by atoms with E-state index in [-0.39, 0.29) is 30.5 Å². The van der Waals surface area contributed by atoms with Gasteiger partial charge in [0.1, 0.15) is 0 Å². The van der Waals surface area contributed by atoms with Crippen molar-refractivity contribution >= 4 is 5.91 Å². The van der Waals surface area contributed by atoms with E-state index < -0.39 is 0 Å². The van der Waals surface area contributed by atoms with Gasteiger partial charge in [0.25, 0.3) is 0 Å². The molecule has 1 aliphatic carbocycles. The minimum atomic E-state index is -0.0978. The van der Waals surface area contributed by atoms with Crippen LogP contribution in [0.25, 0.3) is 0 Å². The lowest BCUT2D eigenvalue weighted by atomic mass is 10.1. The second-order valence-electron chi connectivity index (χ2n) is 4.07. The SMILES string of the molecule is CC[C@H](CO)NC(=O)C1CCC(N)C1. The number of carbonyl (C=O) groups excluding carboxylic acids is 1. The van der Waals surface area contributed by atoms with Crippen molar-refractivity contribution in [2.24, 2.45) is 11.7 Å². The normalized spacial score (nSPS) is 28.8. The minimum Gasteiger partial charge on any atom is -0.394 e. The summed E-state index contributed by atoms with van der Waals surface area (Å²) in [6.45, 7) is 1.96. The molecular formula is C10H20N2O2. The van der Waals surface area contributed by atoms with E-state index in [0.29, 0.717) is 0 Å². The molecule has 2 unspecified atom stereocenters. The van der Waals surface area contributed by atoms with Gasteiger partial charge < -0.3 is 16.2 Å². The van der Waals surface area contributed by atoms with Crippen molar-refractivity contribution in [2.75, 3.05) is 6.61 Å². The first kappa shape index (κ1) is 11.5. The van der Waals surface area contributed by atoms with Gasteiger partial charge in [-0.2, -0.15) is 0 Å². The van der Waals surface area contributed by atoms with Gasteiger partial charge in [0.15, 0.2) is 0 Å². The van der Waals surface area contributed by atoms with Crippen molar-refractivity contribution in [3.63, 3.8) is 0 Å². The summed E-state index contributed by atoms with van der Waals surface area (Å²) in [4.78, 5) is 11.6. The number of nitrogens with one attached hydrogen (secondary N) is 1. The van der Waals surface area contributed by atoms with Crippen molar-refractivity contribution in [1.29, 1.82) is 0 Å². The van der Waals surface area contributed by atoms with E-state index >= 15 is 0 Å². The average Bonchev–Trinajstić information content (AvgIpc) is 2.61. The van der Waals surface area contributed by atoms with Crippen LogP contribution in [0.3, 0.4) is 0 Å². The second-order valence-corrected chi connectivity index (χ2v) is 4.07. The Morgan fingerprint density at radius 1 is 1.64 bits per heavy atom. The molecule has 1 aliphatic rings. The summed E-state index contributed by atoms with van der Waals surface area (Å²) in [5.41, 5.74) is 5.73. The number of rotatable bonds is 4. The second kappa shape index (κ2) is 5.32. The Morgan fingerprint density at radius 3 is 2.79 bits per heavy atom. The predicted octanol–water partition coefficient (Wildman–Crippen LogP) is 0.000900. The number of carbonyl (C=O) groups is 1. The van der Waals surface area contributed by atoms with E-state index in [4.69, 9.17) is 10.8 Å². The van der Waals surface area contributed by atoms with Crippen molar-refractivity contribution in [1.82, 2.24) is 5.32 Å². The Bertz CT molecular complexity index is 193. The highest BCUT2D eigenvalue weighted by molar-refractivity contribution is 5.79. The Labute approximate surface area is 84.9 Å². The van der Waals surface area contributed by atoms with Gasteiger partial charge in [-0.05, 0) is 25.7 Å². The fraction of sp³-hybridized carbons (Fsp3) is 0.900. The largest absolute Gasteiger partial charge is 0.394 e. The van der Waals surface area contributed by atoms with E-state index in [0.717, 1.165) is 25.7 Å². The Kier molecular flexibility index (Phi) is 4.35. The van der Waals surface area contributed by atoms with Crippen LogP contribution in [0.4, 0.5) is 0 Å². The standard InChI is InChI=1S/C10H20N2O2/c1-2-9(6-13)12-10(14)7-3-4-8(11)5-7/h7-9,13H,2-6,11H2,1H3,(H,12,14)/t7?,8?,9-/m1/s1. The van der Waals surface area contributed by atoms with Gasteiger partial charge in [0, 0.05) is 12.0 Å². The van der Waals surface area contributed by atoms with Crippen LogP contribution in [-0.2, 0) is 4.79 Å². The highest BCUT2D eigenvalue weighted by Crippen LogP contribution is 2.24. The molecule has 4 nitrogen and oxygen atoms in total. The summed E-state index contributed by atoms with van der Waals surface area (Å²) >= 11 is 0. The zero-order valence-electron chi connectivity index (χ0n) is 8.70. The Hall–Kier alpha value is -0.610. The van der Waals surface area contributed by atoms with Crippen LogP contribution < -0.4 is 11.1 Å². The first-order valence-electron chi connectivity index (χ1n) is 5.34. The van der Waals surface area contributed by atoms with Gasteiger partial charge in [-0.3, -0.25) is 4.79 Å². The summed E-state index contributed by atoms with van der Waals surface area (Å²) in [6.07, 6.45) is 3.37. The van der Waals surface area contributed by atoms with Crippen LogP contribution in [0, 0.1) is 5.92 Å². The summed E-state index contributed by atoms with van der Waals surface area (Å²) in [5, 5.41) is 11.8.